The highest BCUT2D eigenvalue weighted by atomic mass is 32.2. The zero-order chi connectivity index (χ0) is 21.5. The molecule has 0 spiro atoms. The van der Waals surface area contributed by atoms with E-state index in [1.54, 1.807) is 18.3 Å². The van der Waals surface area contributed by atoms with Crippen molar-refractivity contribution in [1.82, 2.24) is 19.6 Å². The summed E-state index contributed by atoms with van der Waals surface area (Å²) in [7, 11) is -4.33. The Morgan fingerprint density at radius 3 is 2.57 bits per heavy atom. The lowest BCUT2D eigenvalue weighted by atomic mass is 10.1. The summed E-state index contributed by atoms with van der Waals surface area (Å²) in [4.78, 5) is 7.61. The Morgan fingerprint density at radius 1 is 1.03 bits per heavy atom. The maximum atomic E-state index is 13.2. The van der Waals surface area contributed by atoms with E-state index in [-0.39, 0.29) is 10.8 Å². The molecule has 1 aromatic carbocycles. The lowest BCUT2D eigenvalue weighted by Crippen LogP contribution is -2.17. The van der Waals surface area contributed by atoms with Gasteiger partial charge in [0.25, 0.3) is 10.0 Å². The fourth-order valence-electron chi connectivity index (χ4n) is 2.82. The zero-order valence-corrected chi connectivity index (χ0v) is 15.8. The molecule has 0 saturated heterocycles. The van der Waals surface area contributed by atoms with E-state index >= 15 is 0 Å². The van der Waals surface area contributed by atoms with Crippen molar-refractivity contribution in [2.24, 2.45) is 0 Å². The van der Waals surface area contributed by atoms with Gasteiger partial charge in [-0.3, -0.25) is 9.71 Å². The minimum atomic E-state index is -4.71. The van der Waals surface area contributed by atoms with Crippen LogP contribution >= 0.6 is 0 Å². The van der Waals surface area contributed by atoms with Crippen LogP contribution in [0.5, 0.6) is 0 Å². The van der Waals surface area contributed by atoms with Crippen LogP contribution in [-0.2, 0) is 16.2 Å². The Labute approximate surface area is 168 Å². The van der Waals surface area contributed by atoms with Gasteiger partial charge in [0.15, 0.2) is 5.65 Å². The SMILES string of the molecule is Nc1nc2ccc(-c3cncc(S(=O)(=O)Nc4ccccc4C(F)(F)F)c3)cn2n1. The number of hydrogen-bond acceptors (Lipinski definition) is 6. The van der Waals surface area contributed by atoms with Gasteiger partial charge < -0.3 is 5.73 Å². The number of halogens is 3. The van der Waals surface area contributed by atoms with Crippen LogP contribution in [0.1, 0.15) is 5.56 Å². The monoisotopic (exact) mass is 434 g/mol. The predicted octanol–water partition coefficient (Wildman–Crippen LogP) is 3.19. The predicted molar refractivity (Wildman–Crippen MR) is 103 cm³/mol. The van der Waals surface area contributed by atoms with E-state index in [4.69, 9.17) is 5.73 Å². The van der Waals surface area contributed by atoms with Gasteiger partial charge in [-0.1, -0.05) is 12.1 Å². The summed E-state index contributed by atoms with van der Waals surface area (Å²) < 4.78 is 68.4. The Hall–Kier alpha value is -3.67. The molecule has 0 saturated carbocycles. The van der Waals surface area contributed by atoms with E-state index in [9.17, 15) is 21.6 Å². The third-order valence-corrected chi connectivity index (χ3v) is 5.51. The van der Waals surface area contributed by atoms with Gasteiger partial charge in [-0.15, -0.1) is 5.10 Å². The molecular weight excluding hydrogens is 421 g/mol. The molecule has 0 atom stereocenters. The van der Waals surface area contributed by atoms with Crippen molar-refractivity contribution in [3.63, 3.8) is 0 Å². The maximum Gasteiger partial charge on any atom is 0.418 e. The van der Waals surface area contributed by atoms with Crippen LogP contribution < -0.4 is 10.5 Å². The first-order valence-corrected chi connectivity index (χ1v) is 9.88. The highest BCUT2D eigenvalue weighted by Crippen LogP contribution is 2.35. The van der Waals surface area contributed by atoms with Gasteiger partial charge in [0.2, 0.25) is 5.95 Å². The lowest BCUT2D eigenvalue weighted by molar-refractivity contribution is -0.136. The second-order valence-corrected chi connectivity index (χ2v) is 7.93. The summed E-state index contributed by atoms with van der Waals surface area (Å²) in [6.45, 7) is 0. The van der Waals surface area contributed by atoms with Crippen LogP contribution in [0.3, 0.4) is 0 Å². The highest BCUT2D eigenvalue weighted by molar-refractivity contribution is 7.92. The first kappa shape index (κ1) is 19.6. The van der Waals surface area contributed by atoms with Gasteiger partial charge in [-0.05, 0) is 30.3 Å². The van der Waals surface area contributed by atoms with E-state index in [0.717, 1.165) is 18.3 Å². The van der Waals surface area contributed by atoms with Crippen molar-refractivity contribution in [2.75, 3.05) is 10.5 Å². The van der Waals surface area contributed by atoms with E-state index in [2.05, 4.69) is 15.1 Å². The normalized spacial score (nSPS) is 12.2. The molecule has 30 heavy (non-hydrogen) atoms. The number of sulfonamides is 1. The lowest BCUT2D eigenvalue weighted by Gasteiger charge is -2.14. The molecule has 8 nitrogen and oxygen atoms in total. The number of aromatic nitrogens is 4. The number of fused-ring (bicyclic) bond motifs is 1. The van der Waals surface area contributed by atoms with Crippen molar-refractivity contribution >= 4 is 27.3 Å². The molecule has 4 rings (SSSR count). The summed E-state index contributed by atoms with van der Waals surface area (Å²) in [6.07, 6.45) is -0.662. The first-order valence-electron chi connectivity index (χ1n) is 8.40. The molecule has 3 aromatic heterocycles. The van der Waals surface area contributed by atoms with Crippen LogP contribution in [0.2, 0.25) is 0 Å². The Morgan fingerprint density at radius 2 is 1.80 bits per heavy atom. The maximum absolute atomic E-state index is 13.2. The smallest absolute Gasteiger partial charge is 0.366 e. The topological polar surface area (TPSA) is 115 Å². The van der Waals surface area contributed by atoms with Gasteiger partial charge in [0, 0.05) is 29.7 Å². The van der Waals surface area contributed by atoms with Crippen molar-refractivity contribution in [2.45, 2.75) is 11.1 Å². The second kappa shape index (κ2) is 6.99. The molecule has 0 fully saturated rings. The van der Waals surface area contributed by atoms with Crippen molar-refractivity contribution < 1.29 is 21.6 Å². The average molecular weight is 434 g/mol. The number of para-hydroxylation sites is 1. The summed E-state index contributed by atoms with van der Waals surface area (Å²) in [5.74, 6) is 0.0779. The number of pyridine rings is 2. The van der Waals surface area contributed by atoms with Crippen molar-refractivity contribution in [3.8, 4) is 11.1 Å². The molecule has 4 aromatic rings. The Balaban J connectivity index is 1.71. The third-order valence-electron chi connectivity index (χ3n) is 4.18. The van der Waals surface area contributed by atoms with Crippen LogP contribution in [0.15, 0.2) is 66.0 Å². The number of nitrogens with two attached hydrogens (primary N) is 1. The minimum Gasteiger partial charge on any atom is -0.366 e. The molecule has 0 aliphatic rings. The molecule has 154 valence electrons. The number of alkyl halides is 3. The fourth-order valence-corrected chi connectivity index (χ4v) is 3.88. The molecule has 12 heteroatoms. The van der Waals surface area contributed by atoms with E-state index < -0.39 is 27.5 Å². The molecule has 3 N–H and O–H groups in total. The van der Waals surface area contributed by atoms with Crippen LogP contribution in [0.4, 0.5) is 24.8 Å². The van der Waals surface area contributed by atoms with Gasteiger partial charge in [-0.2, -0.15) is 18.2 Å². The summed E-state index contributed by atoms with van der Waals surface area (Å²) in [5, 5.41) is 3.98. The van der Waals surface area contributed by atoms with E-state index in [1.165, 1.54) is 28.9 Å². The van der Waals surface area contributed by atoms with Gasteiger partial charge in [-0.25, -0.2) is 12.9 Å². The van der Waals surface area contributed by atoms with E-state index in [0.29, 0.717) is 16.8 Å². The van der Waals surface area contributed by atoms with Gasteiger partial charge >= 0.3 is 6.18 Å². The fraction of sp³-hybridized carbons (Fsp3) is 0.0556. The number of benzene rings is 1. The molecule has 0 unspecified atom stereocenters. The highest BCUT2D eigenvalue weighted by Gasteiger charge is 2.34. The number of nitrogens with one attached hydrogen (secondary N) is 1. The van der Waals surface area contributed by atoms with Gasteiger partial charge in [0.05, 0.1) is 11.3 Å². The number of anilines is 2. The van der Waals surface area contributed by atoms with Crippen molar-refractivity contribution in [3.05, 3.63) is 66.6 Å². The minimum absolute atomic E-state index is 0.0779. The van der Waals surface area contributed by atoms with Crippen LogP contribution in [-0.4, -0.2) is 28.0 Å². The van der Waals surface area contributed by atoms with E-state index in [1.807, 2.05) is 4.72 Å². The second-order valence-electron chi connectivity index (χ2n) is 6.25. The summed E-state index contributed by atoms with van der Waals surface area (Å²) >= 11 is 0. The summed E-state index contributed by atoms with van der Waals surface area (Å²) in [6, 6.07) is 8.93. The molecule has 0 bridgehead atoms. The quantitative estimate of drug-likeness (QED) is 0.510. The first-order chi connectivity index (χ1) is 14.1. The summed E-state index contributed by atoms with van der Waals surface area (Å²) in [5.41, 5.74) is 5.36. The molecule has 0 aliphatic carbocycles. The van der Waals surface area contributed by atoms with Crippen LogP contribution in [0, 0.1) is 0 Å². The van der Waals surface area contributed by atoms with Crippen molar-refractivity contribution in [1.29, 1.82) is 0 Å². The zero-order valence-electron chi connectivity index (χ0n) is 15.0. The average Bonchev–Trinajstić information content (AvgIpc) is 3.06. The number of nitrogens with zero attached hydrogens (tertiary/aromatic N) is 4. The molecular formula is C18H13F3N6O2S. The Bertz CT molecular complexity index is 1350. The molecule has 0 amide bonds. The third kappa shape index (κ3) is 3.76. The largest absolute Gasteiger partial charge is 0.418 e. The number of hydrogen-bond donors (Lipinski definition) is 2. The standard InChI is InChI=1S/C18H13F3N6O2S/c19-18(20,21)14-3-1-2-4-15(14)26-30(28,29)13-7-12(8-23-9-13)11-5-6-16-24-17(22)25-27(16)10-11/h1-10,26H,(H2,22,25). The number of nitrogen functional groups attached to an aromatic ring is 1. The van der Waals surface area contributed by atoms with Gasteiger partial charge in [0.1, 0.15) is 4.90 Å². The molecule has 0 radical (unpaired) electrons. The van der Waals surface area contributed by atoms with Crippen LogP contribution in [0.25, 0.3) is 16.8 Å². The molecule has 3 heterocycles. The Kier molecular flexibility index (Phi) is 4.57. The molecule has 0 aliphatic heterocycles. The number of rotatable bonds is 4.